The van der Waals surface area contributed by atoms with Crippen LogP contribution in [0.25, 0.3) is 22.5 Å². The molecule has 0 radical (unpaired) electrons. The number of ketones is 2. The van der Waals surface area contributed by atoms with Crippen LogP contribution in [0.15, 0.2) is 66.7 Å². The van der Waals surface area contributed by atoms with Crippen LogP contribution >= 0.6 is 0 Å². The smallest absolute Gasteiger partial charge is 0.249 e. The Morgan fingerprint density at radius 2 is 1.39 bits per heavy atom. The van der Waals surface area contributed by atoms with E-state index >= 15 is 0 Å². The molecule has 0 fully saturated rings. The van der Waals surface area contributed by atoms with Gasteiger partial charge in [-0.2, -0.15) is 0 Å². The van der Waals surface area contributed by atoms with Crippen molar-refractivity contribution >= 4 is 39.8 Å². The number of Topliss-reactive ketones (excluding diaryl/α,β-unsaturated/α-hetero) is 2. The number of fused-ring (bicyclic) bond motifs is 2. The van der Waals surface area contributed by atoms with Crippen LogP contribution in [0.3, 0.4) is 0 Å². The first-order chi connectivity index (χ1) is 11.2. The molecule has 0 aromatic heterocycles. The Labute approximate surface area is 132 Å². The van der Waals surface area contributed by atoms with Crippen LogP contribution in [0.5, 0.6) is 0 Å². The molecule has 0 bridgehead atoms. The third-order valence-electron chi connectivity index (χ3n) is 3.97. The predicted octanol–water partition coefficient (Wildman–Crippen LogP) is 1.99. The highest BCUT2D eigenvalue weighted by Gasteiger charge is 2.22. The molecule has 0 heterocycles. The van der Waals surface area contributed by atoms with Crippen molar-refractivity contribution < 1.29 is 9.59 Å². The molecule has 3 aromatic carbocycles. The summed E-state index contributed by atoms with van der Waals surface area (Å²) in [5.41, 5.74) is 1.12. The molecule has 1 aliphatic carbocycles. The number of carbonyl (C=O) groups is 2. The molecule has 1 aliphatic rings. The summed E-state index contributed by atoms with van der Waals surface area (Å²) in [6.07, 6.45) is 1.42. The van der Waals surface area contributed by atoms with Crippen molar-refractivity contribution in [3.05, 3.63) is 77.2 Å². The lowest BCUT2D eigenvalue weighted by Crippen LogP contribution is -2.39. The zero-order valence-electron chi connectivity index (χ0n) is 12.2. The first kappa shape index (κ1) is 13.5. The summed E-state index contributed by atoms with van der Waals surface area (Å²) < 4.78 is 0. The van der Waals surface area contributed by atoms with Crippen LogP contribution < -0.4 is 15.8 Å². The fourth-order valence-corrected chi connectivity index (χ4v) is 2.84. The van der Waals surface area contributed by atoms with Crippen molar-refractivity contribution in [3.8, 4) is 0 Å². The highest BCUT2D eigenvalue weighted by molar-refractivity contribution is 6.61. The molecule has 23 heavy (non-hydrogen) atoms. The number of anilines is 1. The van der Waals surface area contributed by atoms with Crippen molar-refractivity contribution in [1.29, 1.82) is 0 Å². The molecule has 4 rings (SSSR count). The number of benzene rings is 3. The molecule has 1 N–H and O–H groups in total. The third-order valence-corrected chi connectivity index (χ3v) is 3.97. The maximum absolute atomic E-state index is 12.3. The van der Waals surface area contributed by atoms with Gasteiger partial charge in [0, 0.05) is 10.9 Å². The summed E-state index contributed by atoms with van der Waals surface area (Å²) in [6, 6.07) is 21.2. The van der Waals surface area contributed by atoms with Crippen LogP contribution in [0, 0.1) is 0 Å². The van der Waals surface area contributed by atoms with Gasteiger partial charge in [-0.3, -0.25) is 9.59 Å². The third kappa shape index (κ3) is 2.32. The van der Waals surface area contributed by atoms with E-state index in [1.54, 1.807) is 0 Å². The molecule has 3 heteroatoms. The lowest BCUT2D eigenvalue weighted by Gasteiger charge is -2.13. The highest BCUT2D eigenvalue weighted by Crippen LogP contribution is 2.13. The molecule has 110 valence electrons. The van der Waals surface area contributed by atoms with E-state index in [0.717, 1.165) is 26.9 Å². The van der Waals surface area contributed by atoms with Crippen LogP contribution in [-0.2, 0) is 9.59 Å². The van der Waals surface area contributed by atoms with E-state index in [-0.39, 0.29) is 0 Å². The minimum atomic E-state index is -0.503. The van der Waals surface area contributed by atoms with Crippen LogP contribution in [-0.4, -0.2) is 11.6 Å². The van der Waals surface area contributed by atoms with Gasteiger partial charge in [0.2, 0.25) is 11.6 Å². The van der Waals surface area contributed by atoms with E-state index in [0.29, 0.717) is 5.70 Å². The van der Waals surface area contributed by atoms with Gasteiger partial charge in [-0.1, -0.05) is 42.5 Å². The van der Waals surface area contributed by atoms with E-state index in [4.69, 9.17) is 0 Å². The average molecular weight is 299 g/mol. The van der Waals surface area contributed by atoms with Gasteiger partial charge in [0.15, 0.2) is 0 Å². The molecular formula is C20H13NO2. The van der Waals surface area contributed by atoms with Crippen LogP contribution in [0.4, 0.5) is 5.69 Å². The highest BCUT2D eigenvalue weighted by atomic mass is 16.2. The number of para-hydroxylation sites is 1. The minimum Gasteiger partial charge on any atom is -0.352 e. The Morgan fingerprint density at radius 1 is 0.739 bits per heavy atom. The summed E-state index contributed by atoms with van der Waals surface area (Å²) in [4.78, 5) is 24.4. The van der Waals surface area contributed by atoms with Gasteiger partial charge in [0.05, 0.1) is 5.70 Å². The Morgan fingerprint density at radius 3 is 2.13 bits per heavy atom. The number of carbonyl (C=O) groups excluding carboxylic acids is 2. The lowest BCUT2D eigenvalue weighted by atomic mass is 9.98. The topological polar surface area (TPSA) is 46.2 Å². The lowest BCUT2D eigenvalue weighted by molar-refractivity contribution is -0.129. The molecule has 0 saturated carbocycles. The van der Waals surface area contributed by atoms with Crippen molar-refractivity contribution in [2.24, 2.45) is 0 Å². The fraction of sp³-hybridized carbons (Fsp3) is 0. The Hall–Kier alpha value is -3.20. The van der Waals surface area contributed by atoms with Gasteiger partial charge in [-0.25, -0.2) is 0 Å². The van der Waals surface area contributed by atoms with Crippen LogP contribution in [0.2, 0.25) is 0 Å². The maximum Gasteiger partial charge on any atom is 0.249 e. The second kappa shape index (κ2) is 5.21. The summed E-state index contributed by atoms with van der Waals surface area (Å²) in [6.45, 7) is 0. The van der Waals surface area contributed by atoms with Crippen molar-refractivity contribution in [1.82, 2.24) is 0 Å². The number of nitrogens with one attached hydrogen (secondary N) is 1. The first-order valence-electron chi connectivity index (χ1n) is 7.38. The van der Waals surface area contributed by atoms with Gasteiger partial charge in [0.1, 0.15) is 0 Å². The van der Waals surface area contributed by atoms with Crippen molar-refractivity contribution in [2.45, 2.75) is 0 Å². The van der Waals surface area contributed by atoms with Gasteiger partial charge in [0.25, 0.3) is 0 Å². The summed E-state index contributed by atoms with van der Waals surface area (Å²) in [7, 11) is 0. The summed E-state index contributed by atoms with van der Waals surface area (Å²) in [5.74, 6) is -0.997. The van der Waals surface area contributed by atoms with Crippen LogP contribution in [0.1, 0.15) is 0 Å². The largest absolute Gasteiger partial charge is 0.352 e. The molecule has 0 saturated heterocycles. The van der Waals surface area contributed by atoms with E-state index < -0.39 is 11.6 Å². The number of hydrogen-bond donors (Lipinski definition) is 1. The van der Waals surface area contributed by atoms with Gasteiger partial charge < -0.3 is 5.32 Å². The van der Waals surface area contributed by atoms with E-state index in [1.807, 2.05) is 66.7 Å². The van der Waals surface area contributed by atoms with E-state index in [2.05, 4.69) is 5.32 Å². The van der Waals surface area contributed by atoms with Gasteiger partial charge in [-0.05, 0) is 46.3 Å². The Kier molecular flexibility index (Phi) is 3.05. The number of rotatable bonds is 2. The van der Waals surface area contributed by atoms with E-state index in [1.165, 1.54) is 6.08 Å². The number of hydrogen-bond acceptors (Lipinski definition) is 3. The van der Waals surface area contributed by atoms with Crippen molar-refractivity contribution in [2.75, 3.05) is 5.32 Å². The molecule has 3 aromatic rings. The predicted molar refractivity (Wildman–Crippen MR) is 91.1 cm³/mol. The standard InChI is InChI=1S/C20H13NO2/c22-18-12-15-10-13-6-4-5-7-14(13)11-17(15)19(20(18)23)21-16-8-2-1-3-9-16/h1-12,21H. The SMILES string of the molecule is O=C1C=c2cc3ccccc3cc2=C(Nc2ccccc2)C1=O. The second-order valence-electron chi connectivity index (χ2n) is 5.49. The van der Waals surface area contributed by atoms with Gasteiger partial charge >= 0.3 is 0 Å². The first-order valence-corrected chi connectivity index (χ1v) is 7.38. The molecule has 0 atom stereocenters. The van der Waals surface area contributed by atoms with Gasteiger partial charge in [-0.15, -0.1) is 0 Å². The summed E-state index contributed by atoms with van der Waals surface area (Å²) >= 11 is 0. The normalized spacial score (nSPS) is 13.7. The zero-order valence-corrected chi connectivity index (χ0v) is 12.2. The second-order valence-corrected chi connectivity index (χ2v) is 5.49. The zero-order chi connectivity index (χ0) is 15.8. The van der Waals surface area contributed by atoms with Crippen molar-refractivity contribution in [3.63, 3.8) is 0 Å². The molecule has 0 amide bonds. The Bertz CT molecular complexity index is 1070. The van der Waals surface area contributed by atoms with E-state index in [9.17, 15) is 9.59 Å². The summed E-state index contributed by atoms with van der Waals surface area (Å²) in [5, 5.41) is 6.72. The Balaban J connectivity index is 2.02. The monoisotopic (exact) mass is 299 g/mol. The molecule has 0 spiro atoms. The molecule has 0 aliphatic heterocycles. The fourth-order valence-electron chi connectivity index (χ4n) is 2.84. The molecular weight excluding hydrogens is 286 g/mol. The molecule has 0 unspecified atom stereocenters. The minimum absolute atomic E-state index is 0.337. The average Bonchev–Trinajstić information content (AvgIpc) is 2.58. The quantitative estimate of drug-likeness (QED) is 0.736. The molecule has 3 nitrogen and oxygen atoms in total. The maximum atomic E-state index is 12.3.